The van der Waals surface area contributed by atoms with Gasteiger partial charge in [0.2, 0.25) is 0 Å². The Morgan fingerprint density at radius 1 is 1.44 bits per heavy atom. The zero-order valence-corrected chi connectivity index (χ0v) is 11.5. The van der Waals surface area contributed by atoms with Crippen LogP contribution in [0.3, 0.4) is 0 Å². The molecular formula is C13H15BrFNO2. The molecule has 1 saturated carbocycles. The Hall–Kier alpha value is -0.940. The van der Waals surface area contributed by atoms with E-state index in [2.05, 4.69) is 21.2 Å². The highest BCUT2D eigenvalue weighted by molar-refractivity contribution is 9.10. The highest BCUT2D eigenvalue weighted by Crippen LogP contribution is 2.28. The predicted molar refractivity (Wildman–Crippen MR) is 69.9 cm³/mol. The predicted octanol–water partition coefficient (Wildman–Crippen LogP) is 2.62. The number of aliphatic hydroxyl groups is 1. The average Bonchev–Trinajstić information content (AvgIpc) is 2.77. The number of hydrogen-bond donors (Lipinski definition) is 2. The number of hydrogen-bond acceptors (Lipinski definition) is 2. The molecule has 1 fully saturated rings. The van der Waals surface area contributed by atoms with Crippen molar-refractivity contribution in [2.75, 3.05) is 6.54 Å². The summed E-state index contributed by atoms with van der Waals surface area (Å²) in [6, 6.07) is 4.21. The van der Waals surface area contributed by atoms with Gasteiger partial charge in [-0.25, -0.2) is 4.39 Å². The number of nitrogens with one attached hydrogen (secondary N) is 1. The van der Waals surface area contributed by atoms with Gasteiger partial charge in [-0.15, -0.1) is 0 Å². The van der Waals surface area contributed by atoms with Crippen LogP contribution in [0.2, 0.25) is 0 Å². The zero-order valence-electron chi connectivity index (χ0n) is 9.88. The fourth-order valence-electron chi connectivity index (χ4n) is 2.22. The lowest BCUT2D eigenvalue weighted by atomic mass is 10.0. The molecule has 1 aliphatic rings. The maximum Gasteiger partial charge on any atom is 0.254 e. The monoisotopic (exact) mass is 315 g/mol. The first-order valence-corrected chi connectivity index (χ1v) is 6.75. The van der Waals surface area contributed by atoms with Crippen LogP contribution in [0.5, 0.6) is 0 Å². The highest BCUT2D eigenvalue weighted by Gasteiger charge is 2.31. The van der Waals surface area contributed by atoms with Crippen LogP contribution < -0.4 is 5.32 Å². The van der Waals surface area contributed by atoms with Crippen molar-refractivity contribution in [2.24, 2.45) is 0 Å². The quantitative estimate of drug-likeness (QED) is 0.901. The van der Waals surface area contributed by atoms with Gasteiger partial charge in [-0.2, -0.15) is 0 Å². The van der Waals surface area contributed by atoms with Gasteiger partial charge in [-0.3, -0.25) is 4.79 Å². The molecule has 0 aliphatic heterocycles. The second-order valence-electron chi connectivity index (χ2n) is 4.74. The summed E-state index contributed by atoms with van der Waals surface area (Å²) in [6.45, 7) is 0.178. The van der Waals surface area contributed by atoms with Gasteiger partial charge in [0.05, 0.1) is 11.2 Å². The lowest BCUT2D eigenvalue weighted by Crippen LogP contribution is -2.41. The third kappa shape index (κ3) is 3.09. The maximum atomic E-state index is 13.5. The topological polar surface area (TPSA) is 49.3 Å². The number of carbonyl (C=O) groups is 1. The molecule has 5 heteroatoms. The normalized spacial score (nSPS) is 17.7. The first-order chi connectivity index (χ1) is 8.50. The van der Waals surface area contributed by atoms with Gasteiger partial charge in [0, 0.05) is 11.0 Å². The van der Waals surface area contributed by atoms with Gasteiger partial charge in [-0.05, 0) is 31.0 Å². The maximum absolute atomic E-state index is 13.5. The molecule has 1 aromatic rings. The van der Waals surface area contributed by atoms with Crippen LogP contribution in [-0.2, 0) is 0 Å². The van der Waals surface area contributed by atoms with Crippen molar-refractivity contribution in [2.45, 2.75) is 31.3 Å². The summed E-state index contributed by atoms with van der Waals surface area (Å²) in [4.78, 5) is 11.8. The number of rotatable bonds is 3. The Balaban J connectivity index is 2.01. The molecule has 0 spiro atoms. The summed E-state index contributed by atoms with van der Waals surface area (Å²) in [7, 11) is 0. The van der Waals surface area contributed by atoms with Gasteiger partial charge in [0.1, 0.15) is 5.82 Å². The Labute approximate surface area is 114 Å². The van der Waals surface area contributed by atoms with Gasteiger partial charge in [0.15, 0.2) is 0 Å². The van der Waals surface area contributed by atoms with Crippen LogP contribution in [-0.4, -0.2) is 23.2 Å². The first kappa shape index (κ1) is 13.5. The number of halogens is 2. The zero-order chi connectivity index (χ0) is 13.2. The molecule has 1 amide bonds. The molecular weight excluding hydrogens is 301 g/mol. The smallest absolute Gasteiger partial charge is 0.254 e. The Morgan fingerprint density at radius 2 is 2.11 bits per heavy atom. The first-order valence-electron chi connectivity index (χ1n) is 5.96. The average molecular weight is 316 g/mol. The van der Waals surface area contributed by atoms with Gasteiger partial charge >= 0.3 is 0 Å². The summed E-state index contributed by atoms with van der Waals surface area (Å²) in [5.74, 6) is -1.05. The molecule has 18 heavy (non-hydrogen) atoms. The molecule has 0 radical (unpaired) electrons. The molecule has 0 unspecified atom stereocenters. The van der Waals surface area contributed by atoms with Crippen LogP contribution in [0.1, 0.15) is 36.0 Å². The van der Waals surface area contributed by atoms with Crippen LogP contribution in [0.15, 0.2) is 22.7 Å². The van der Waals surface area contributed by atoms with Crippen molar-refractivity contribution < 1.29 is 14.3 Å². The van der Waals surface area contributed by atoms with Gasteiger partial charge < -0.3 is 10.4 Å². The molecule has 2 rings (SSSR count). The van der Waals surface area contributed by atoms with E-state index >= 15 is 0 Å². The van der Waals surface area contributed by atoms with Crippen LogP contribution in [0.25, 0.3) is 0 Å². The number of amides is 1. The van der Waals surface area contributed by atoms with Crippen LogP contribution >= 0.6 is 15.9 Å². The minimum absolute atomic E-state index is 0.00836. The molecule has 0 aromatic heterocycles. The van der Waals surface area contributed by atoms with Crippen molar-refractivity contribution in [3.8, 4) is 0 Å². The molecule has 2 N–H and O–H groups in total. The van der Waals surface area contributed by atoms with E-state index in [1.54, 1.807) is 0 Å². The number of carbonyl (C=O) groups excluding carboxylic acids is 1. The summed E-state index contributed by atoms with van der Waals surface area (Å²) in [5.41, 5.74) is -0.830. The largest absolute Gasteiger partial charge is 0.388 e. The van der Waals surface area contributed by atoms with Gasteiger partial charge in [0.25, 0.3) is 5.91 Å². The van der Waals surface area contributed by atoms with Crippen molar-refractivity contribution in [1.29, 1.82) is 0 Å². The molecule has 1 aromatic carbocycles. The lowest BCUT2D eigenvalue weighted by Gasteiger charge is -2.22. The summed E-state index contributed by atoms with van der Waals surface area (Å²) >= 11 is 3.20. The van der Waals surface area contributed by atoms with Crippen molar-refractivity contribution in [3.63, 3.8) is 0 Å². The number of benzene rings is 1. The third-order valence-corrected chi connectivity index (χ3v) is 3.78. The van der Waals surface area contributed by atoms with Crippen LogP contribution in [0.4, 0.5) is 4.39 Å². The third-order valence-electron chi connectivity index (χ3n) is 3.29. The van der Waals surface area contributed by atoms with E-state index in [1.165, 1.54) is 18.2 Å². The molecule has 0 heterocycles. The summed E-state index contributed by atoms with van der Waals surface area (Å²) in [5, 5.41) is 12.7. The Morgan fingerprint density at radius 3 is 2.78 bits per heavy atom. The molecule has 3 nitrogen and oxygen atoms in total. The van der Waals surface area contributed by atoms with E-state index in [-0.39, 0.29) is 12.1 Å². The fourth-order valence-corrected chi connectivity index (χ4v) is 2.58. The molecule has 0 atom stereocenters. The highest BCUT2D eigenvalue weighted by atomic mass is 79.9. The lowest BCUT2D eigenvalue weighted by molar-refractivity contribution is 0.0448. The van der Waals surface area contributed by atoms with E-state index in [1.807, 2.05) is 0 Å². The van der Waals surface area contributed by atoms with Crippen molar-refractivity contribution >= 4 is 21.8 Å². The van der Waals surface area contributed by atoms with E-state index in [4.69, 9.17) is 0 Å². The van der Waals surface area contributed by atoms with E-state index in [9.17, 15) is 14.3 Å². The molecule has 1 aliphatic carbocycles. The minimum Gasteiger partial charge on any atom is -0.388 e. The fraction of sp³-hybridized carbons (Fsp3) is 0.462. The van der Waals surface area contributed by atoms with E-state index in [0.29, 0.717) is 17.3 Å². The summed E-state index contributed by atoms with van der Waals surface area (Å²) < 4.78 is 14.1. The van der Waals surface area contributed by atoms with Gasteiger partial charge in [-0.1, -0.05) is 28.8 Å². The van der Waals surface area contributed by atoms with Crippen molar-refractivity contribution in [3.05, 3.63) is 34.1 Å². The molecule has 0 saturated heterocycles. The molecule has 98 valence electrons. The Kier molecular flexibility index (Phi) is 4.02. The van der Waals surface area contributed by atoms with Crippen LogP contribution in [0, 0.1) is 5.82 Å². The minimum atomic E-state index is -0.821. The van der Waals surface area contributed by atoms with E-state index in [0.717, 1.165) is 12.8 Å². The van der Waals surface area contributed by atoms with E-state index < -0.39 is 17.3 Å². The Bertz CT molecular complexity index is 458. The second kappa shape index (κ2) is 5.36. The summed E-state index contributed by atoms with van der Waals surface area (Å²) in [6.07, 6.45) is 3.32. The SMILES string of the molecule is O=C(NCC1(O)CCCC1)c1cc(Br)ccc1F. The van der Waals surface area contributed by atoms with Crippen molar-refractivity contribution in [1.82, 2.24) is 5.32 Å². The second-order valence-corrected chi connectivity index (χ2v) is 5.65. The molecule has 0 bridgehead atoms. The standard InChI is InChI=1S/C13H15BrFNO2/c14-9-3-4-11(15)10(7-9)12(17)16-8-13(18)5-1-2-6-13/h3-4,7,18H,1-2,5-6,8H2,(H,16,17).